The molecule has 1 radical (unpaired) electrons. The molecule has 0 aromatic carbocycles. The van der Waals surface area contributed by atoms with Crippen molar-refractivity contribution in [1.82, 2.24) is 14.7 Å². The van der Waals surface area contributed by atoms with Crippen molar-refractivity contribution >= 4 is 5.91 Å². The van der Waals surface area contributed by atoms with Crippen LogP contribution in [0.2, 0.25) is 0 Å². The quantitative estimate of drug-likeness (QED) is 0.546. The van der Waals surface area contributed by atoms with Gasteiger partial charge in [0, 0.05) is 13.6 Å². The highest BCUT2D eigenvalue weighted by Crippen LogP contribution is 2.08. The van der Waals surface area contributed by atoms with E-state index in [4.69, 9.17) is 0 Å². The van der Waals surface area contributed by atoms with Crippen molar-refractivity contribution < 1.29 is 21.8 Å². The molecular weight excluding hydrogens is 270 g/mol. The molecule has 0 aromatic rings. The Labute approximate surface area is 109 Å². The Balaban J connectivity index is 0.00000225. The van der Waals surface area contributed by atoms with Crippen LogP contribution < -0.4 is 17.0 Å². The minimum absolute atomic E-state index is 0. The average molecular weight is 289 g/mol. The number of carbonyl (C=O) groups is 1. The van der Waals surface area contributed by atoms with Gasteiger partial charge in [-0.3, -0.25) is 4.79 Å². The first kappa shape index (κ1) is 15.2. The maximum Gasteiger partial charge on any atom is 0.564 e. The number of nitrogens with zero attached hydrogens (tertiary/aromatic N) is 3. The number of carbonyl (C=O) groups excluding carboxylic acids is 1. The molecule has 1 rings (SSSR count). The molecule has 16 heavy (non-hydrogen) atoms. The molecule has 0 saturated carbocycles. The van der Waals surface area contributed by atoms with E-state index in [1.807, 2.05) is 26.5 Å². The van der Waals surface area contributed by atoms with Gasteiger partial charge < -0.3 is 21.9 Å². The van der Waals surface area contributed by atoms with Crippen LogP contribution in [0.1, 0.15) is 19.8 Å². The standard InChI is InChI=1S/C11H19N3O.BrH/c1-4-5-6-13(3)11(15)9-14-8-7-12(2)10-14;/h7-8H,4-6,9H2,1-3H3;1H/q+1;/p-1. The third-order valence-corrected chi connectivity index (χ3v) is 2.33. The lowest BCUT2D eigenvalue weighted by Crippen LogP contribution is -3.00. The summed E-state index contributed by atoms with van der Waals surface area (Å²) in [6, 6.07) is 0. The van der Waals surface area contributed by atoms with Crippen molar-refractivity contribution in [2.24, 2.45) is 0 Å². The van der Waals surface area contributed by atoms with Crippen molar-refractivity contribution in [2.75, 3.05) is 27.2 Å². The zero-order chi connectivity index (χ0) is 11.3. The fourth-order valence-electron chi connectivity index (χ4n) is 1.32. The number of hydrogen-bond donors (Lipinski definition) is 0. The molecule has 0 unspecified atom stereocenters. The summed E-state index contributed by atoms with van der Waals surface area (Å²) in [7, 11) is 3.74. The molecule has 1 aliphatic rings. The Morgan fingerprint density at radius 1 is 1.44 bits per heavy atom. The van der Waals surface area contributed by atoms with Crippen LogP contribution in [-0.4, -0.2) is 47.8 Å². The lowest BCUT2D eigenvalue weighted by Gasteiger charge is -2.16. The zero-order valence-corrected chi connectivity index (χ0v) is 11.7. The fourth-order valence-corrected chi connectivity index (χ4v) is 1.32. The zero-order valence-electron chi connectivity index (χ0n) is 10.1. The highest BCUT2D eigenvalue weighted by atomic mass is 79.9. The molecule has 0 spiro atoms. The van der Waals surface area contributed by atoms with Crippen LogP contribution >= 0.6 is 0 Å². The maximum atomic E-state index is 11.7. The predicted molar refractivity (Wildman–Crippen MR) is 59.4 cm³/mol. The first-order chi connectivity index (χ1) is 7.13. The Morgan fingerprint density at radius 3 is 2.62 bits per heavy atom. The SMILES string of the molecule is CCCCN(C)C(=O)CN1[C+]N(C)C=C1.[Br-]. The molecule has 0 aromatic heterocycles. The van der Waals surface area contributed by atoms with E-state index < -0.39 is 0 Å². The summed E-state index contributed by atoms with van der Waals surface area (Å²) < 4.78 is 0. The van der Waals surface area contributed by atoms with Gasteiger partial charge in [-0.25, -0.2) is 0 Å². The molecule has 0 bridgehead atoms. The number of unbranched alkanes of at least 4 members (excludes halogenated alkanes) is 1. The summed E-state index contributed by atoms with van der Waals surface area (Å²) in [4.78, 5) is 17.1. The van der Waals surface area contributed by atoms with Crippen LogP contribution in [0, 0.1) is 6.67 Å². The molecule has 0 atom stereocenters. The number of hydrogen-bond acceptors (Lipinski definition) is 3. The second-order valence-electron chi connectivity index (χ2n) is 3.81. The van der Waals surface area contributed by atoms with E-state index in [-0.39, 0.29) is 22.9 Å². The minimum atomic E-state index is 0. The van der Waals surface area contributed by atoms with Gasteiger partial charge >= 0.3 is 6.67 Å². The van der Waals surface area contributed by atoms with Gasteiger partial charge in [0.1, 0.15) is 6.54 Å². The van der Waals surface area contributed by atoms with E-state index in [9.17, 15) is 4.79 Å². The Hall–Kier alpha value is -0.840. The summed E-state index contributed by atoms with van der Waals surface area (Å²) in [5, 5.41) is 0. The van der Waals surface area contributed by atoms with Crippen molar-refractivity contribution in [1.29, 1.82) is 0 Å². The smallest absolute Gasteiger partial charge is 0.564 e. The normalized spacial score (nSPS) is 13.4. The van der Waals surface area contributed by atoms with Gasteiger partial charge in [-0.05, 0) is 6.42 Å². The molecule has 0 aliphatic carbocycles. The Kier molecular flexibility index (Phi) is 7.05. The summed E-state index contributed by atoms with van der Waals surface area (Å²) in [6.07, 6.45) is 5.90. The molecule has 0 fully saturated rings. The van der Waals surface area contributed by atoms with Crippen LogP contribution in [0.15, 0.2) is 12.4 Å². The van der Waals surface area contributed by atoms with Crippen LogP contribution in [0.3, 0.4) is 0 Å². The van der Waals surface area contributed by atoms with E-state index >= 15 is 0 Å². The van der Waals surface area contributed by atoms with Crippen LogP contribution in [0.4, 0.5) is 0 Å². The third-order valence-electron chi connectivity index (χ3n) is 2.33. The second kappa shape index (κ2) is 7.44. The second-order valence-corrected chi connectivity index (χ2v) is 3.81. The van der Waals surface area contributed by atoms with Gasteiger partial charge in [-0.15, -0.1) is 9.80 Å². The number of amides is 1. The van der Waals surface area contributed by atoms with Crippen LogP contribution in [0.25, 0.3) is 0 Å². The van der Waals surface area contributed by atoms with Gasteiger partial charge in [0.05, 0.1) is 19.4 Å². The first-order valence-corrected chi connectivity index (χ1v) is 5.31. The molecule has 0 saturated heterocycles. The summed E-state index contributed by atoms with van der Waals surface area (Å²) in [5.74, 6) is 0.135. The molecule has 4 nitrogen and oxygen atoms in total. The Morgan fingerprint density at radius 2 is 2.12 bits per heavy atom. The first-order valence-electron chi connectivity index (χ1n) is 5.31. The van der Waals surface area contributed by atoms with E-state index in [1.54, 1.807) is 14.7 Å². The van der Waals surface area contributed by atoms with Gasteiger partial charge in [0.25, 0.3) is 0 Å². The van der Waals surface area contributed by atoms with Gasteiger partial charge in [0.2, 0.25) is 5.91 Å². The summed E-state index contributed by atoms with van der Waals surface area (Å²) >= 11 is 0. The topological polar surface area (TPSA) is 26.8 Å². The number of halogens is 1. The van der Waals surface area contributed by atoms with Gasteiger partial charge in [0.15, 0.2) is 0 Å². The average Bonchev–Trinajstić information content (AvgIpc) is 2.60. The van der Waals surface area contributed by atoms with Crippen molar-refractivity contribution in [2.45, 2.75) is 19.8 Å². The fraction of sp³-hybridized carbons (Fsp3) is 0.636. The maximum absolute atomic E-state index is 11.7. The third kappa shape index (κ3) is 4.79. The largest absolute Gasteiger partial charge is 1.00 e. The molecule has 91 valence electrons. The van der Waals surface area contributed by atoms with Crippen molar-refractivity contribution in [3.63, 3.8) is 0 Å². The van der Waals surface area contributed by atoms with E-state index in [2.05, 4.69) is 13.6 Å². The Bertz CT molecular complexity index is 245. The molecule has 5 heteroatoms. The molecular formula is C11H19BrN3O. The van der Waals surface area contributed by atoms with Gasteiger partial charge in [-0.2, -0.15) is 0 Å². The van der Waals surface area contributed by atoms with E-state index in [1.165, 1.54) is 0 Å². The van der Waals surface area contributed by atoms with E-state index in [0.717, 1.165) is 19.4 Å². The molecule has 1 aliphatic heterocycles. The lowest BCUT2D eigenvalue weighted by atomic mass is 10.3. The summed E-state index contributed by atoms with van der Waals surface area (Å²) in [5.41, 5.74) is 0. The highest BCUT2D eigenvalue weighted by Gasteiger charge is 2.30. The predicted octanol–water partition coefficient (Wildman–Crippen LogP) is -2.04. The van der Waals surface area contributed by atoms with E-state index in [0.29, 0.717) is 6.54 Å². The lowest BCUT2D eigenvalue weighted by molar-refractivity contribution is -0.130. The molecule has 1 amide bonds. The monoisotopic (exact) mass is 288 g/mol. The molecule has 1 heterocycles. The van der Waals surface area contributed by atoms with Gasteiger partial charge in [-0.1, -0.05) is 13.3 Å². The molecule has 0 N–H and O–H groups in total. The van der Waals surface area contributed by atoms with Crippen LogP contribution in [-0.2, 0) is 4.79 Å². The minimum Gasteiger partial charge on any atom is -1.00 e. The van der Waals surface area contributed by atoms with Crippen molar-refractivity contribution in [3.8, 4) is 0 Å². The summed E-state index contributed by atoms with van der Waals surface area (Å²) in [6.45, 7) is 6.34. The number of rotatable bonds is 5. The highest BCUT2D eigenvalue weighted by molar-refractivity contribution is 5.78. The van der Waals surface area contributed by atoms with Crippen LogP contribution in [0.5, 0.6) is 0 Å². The van der Waals surface area contributed by atoms with Crippen molar-refractivity contribution in [3.05, 3.63) is 19.1 Å². The number of likely N-dealkylation sites (N-methyl/N-ethyl adjacent to an activating group) is 1.